The molecule has 1 aromatic heterocycles. The lowest BCUT2D eigenvalue weighted by atomic mass is 10.2. The zero-order valence-electron chi connectivity index (χ0n) is 11.6. The number of hydrogen-bond acceptors (Lipinski definition) is 5. The van der Waals surface area contributed by atoms with Gasteiger partial charge in [0.25, 0.3) is 0 Å². The van der Waals surface area contributed by atoms with E-state index in [0.29, 0.717) is 11.4 Å². The quantitative estimate of drug-likeness (QED) is 0.776. The minimum absolute atomic E-state index is 0.100. The maximum atomic E-state index is 11.9. The zero-order chi connectivity index (χ0) is 14.8. The standard InChI is InChI=1S/C11H20N4O3S/c1-7-10(8(2)15(3)14-7)13-11(16)9(12)5-6-19(4,17)18/h9H,5-6,12H2,1-4H3,(H,13,16). The van der Waals surface area contributed by atoms with Crippen molar-refractivity contribution in [3.05, 3.63) is 11.4 Å². The number of amides is 1. The van der Waals surface area contributed by atoms with E-state index in [-0.39, 0.29) is 12.2 Å². The fraction of sp³-hybridized carbons (Fsp3) is 0.636. The number of nitrogens with two attached hydrogens (primary N) is 1. The van der Waals surface area contributed by atoms with E-state index in [2.05, 4.69) is 10.4 Å². The van der Waals surface area contributed by atoms with Crippen LogP contribution in [0, 0.1) is 13.8 Å². The summed E-state index contributed by atoms with van der Waals surface area (Å²) in [6.45, 7) is 3.61. The number of sulfone groups is 1. The van der Waals surface area contributed by atoms with Crippen molar-refractivity contribution in [1.82, 2.24) is 9.78 Å². The summed E-state index contributed by atoms with van der Waals surface area (Å²) in [4.78, 5) is 11.9. The molecule has 8 heteroatoms. The topological polar surface area (TPSA) is 107 Å². The molecule has 0 aliphatic heterocycles. The van der Waals surface area contributed by atoms with Crippen molar-refractivity contribution in [1.29, 1.82) is 0 Å². The first-order valence-electron chi connectivity index (χ1n) is 5.86. The summed E-state index contributed by atoms with van der Waals surface area (Å²) >= 11 is 0. The highest BCUT2D eigenvalue weighted by Crippen LogP contribution is 2.18. The lowest BCUT2D eigenvalue weighted by molar-refractivity contribution is -0.117. The van der Waals surface area contributed by atoms with Crippen LogP contribution in [0.3, 0.4) is 0 Å². The van der Waals surface area contributed by atoms with Gasteiger partial charge in [-0.2, -0.15) is 5.10 Å². The van der Waals surface area contributed by atoms with Crippen LogP contribution in [0.2, 0.25) is 0 Å². The molecule has 1 heterocycles. The summed E-state index contributed by atoms with van der Waals surface area (Å²) in [5.74, 6) is -0.505. The summed E-state index contributed by atoms with van der Waals surface area (Å²) in [6.07, 6.45) is 1.22. The second-order valence-corrected chi connectivity index (χ2v) is 6.94. The van der Waals surface area contributed by atoms with Crippen LogP contribution in [0.1, 0.15) is 17.8 Å². The van der Waals surface area contributed by atoms with E-state index in [9.17, 15) is 13.2 Å². The van der Waals surface area contributed by atoms with Crippen molar-refractivity contribution >= 4 is 21.4 Å². The summed E-state index contributed by atoms with van der Waals surface area (Å²) in [7, 11) is -1.33. The number of carbonyl (C=O) groups excluding carboxylic acids is 1. The molecule has 0 aliphatic rings. The first-order valence-corrected chi connectivity index (χ1v) is 7.92. The van der Waals surface area contributed by atoms with Crippen molar-refractivity contribution in [2.24, 2.45) is 12.8 Å². The second-order valence-electron chi connectivity index (χ2n) is 4.68. The second kappa shape index (κ2) is 5.70. The van der Waals surface area contributed by atoms with Crippen molar-refractivity contribution in [3.8, 4) is 0 Å². The molecule has 0 aliphatic carbocycles. The molecule has 3 N–H and O–H groups in total. The van der Waals surface area contributed by atoms with Crippen molar-refractivity contribution in [2.75, 3.05) is 17.3 Å². The predicted octanol–water partition coefficient (Wildman–Crippen LogP) is -0.263. The molecule has 1 amide bonds. The number of nitrogens with one attached hydrogen (secondary N) is 1. The molecular formula is C11H20N4O3S. The SMILES string of the molecule is Cc1nn(C)c(C)c1NC(=O)C(N)CCS(C)(=O)=O. The highest BCUT2D eigenvalue weighted by atomic mass is 32.2. The van der Waals surface area contributed by atoms with Gasteiger partial charge in [0.05, 0.1) is 28.9 Å². The number of nitrogens with zero attached hydrogens (tertiary/aromatic N) is 2. The minimum atomic E-state index is -3.11. The molecule has 1 unspecified atom stereocenters. The van der Waals surface area contributed by atoms with E-state index in [0.717, 1.165) is 11.9 Å². The van der Waals surface area contributed by atoms with Crippen molar-refractivity contribution in [2.45, 2.75) is 26.3 Å². The van der Waals surface area contributed by atoms with Crippen LogP contribution in [0.15, 0.2) is 0 Å². The van der Waals surface area contributed by atoms with Gasteiger partial charge in [-0.3, -0.25) is 9.48 Å². The van der Waals surface area contributed by atoms with E-state index < -0.39 is 21.8 Å². The Bertz CT molecular complexity index is 577. The molecule has 0 radical (unpaired) electrons. The van der Waals surface area contributed by atoms with E-state index in [4.69, 9.17) is 5.73 Å². The maximum Gasteiger partial charge on any atom is 0.241 e. The van der Waals surface area contributed by atoms with Crippen molar-refractivity contribution < 1.29 is 13.2 Å². The summed E-state index contributed by atoms with van der Waals surface area (Å²) < 4.78 is 23.7. The average molecular weight is 288 g/mol. The molecule has 0 saturated carbocycles. The number of hydrogen-bond donors (Lipinski definition) is 2. The van der Waals surface area contributed by atoms with Crippen LogP contribution in [-0.4, -0.2) is 42.2 Å². The van der Waals surface area contributed by atoms with Gasteiger partial charge in [0, 0.05) is 13.3 Å². The van der Waals surface area contributed by atoms with Crippen LogP contribution in [0.4, 0.5) is 5.69 Å². The Morgan fingerprint density at radius 1 is 1.47 bits per heavy atom. The van der Waals surface area contributed by atoms with Gasteiger partial charge in [-0.05, 0) is 20.3 Å². The van der Waals surface area contributed by atoms with Gasteiger partial charge in [-0.1, -0.05) is 0 Å². The molecule has 1 aromatic rings. The van der Waals surface area contributed by atoms with E-state index >= 15 is 0 Å². The van der Waals surface area contributed by atoms with Gasteiger partial charge < -0.3 is 11.1 Å². The largest absolute Gasteiger partial charge is 0.322 e. The summed E-state index contributed by atoms with van der Waals surface area (Å²) in [5.41, 5.74) is 7.82. The molecule has 1 atom stereocenters. The Morgan fingerprint density at radius 2 is 2.05 bits per heavy atom. The number of rotatable bonds is 5. The third kappa shape index (κ3) is 4.32. The minimum Gasteiger partial charge on any atom is -0.322 e. The summed E-state index contributed by atoms with van der Waals surface area (Å²) in [6, 6.07) is -0.853. The van der Waals surface area contributed by atoms with Crippen LogP contribution in [-0.2, 0) is 21.7 Å². The van der Waals surface area contributed by atoms with Gasteiger partial charge in [-0.25, -0.2) is 8.42 Å². The molecule has 1 rings (SSSR count). The van der Waals surface area contributed by atoms with E-state index in [1.165, 1.54) is 0 Å². The van der Waals surface area contributed by atoms with Crippen molar-refractivity contribution in [3.63, 3.8) is 0 Å². The molecule has 19 heavy (non-hydrogen) atoms. The molecule has 0 bridgehead atoms. The predicted molar refractivity (Wildman–Crippen MR) is 73.6 cm³/mol. The lowest BCUT2D eigenvalue weighted by Gasteiger charge is -2.12. The van der Waals surface area contributed by atoms with Crippen LogP contribution in [0.25, 0.3) is 0 Å². The Balaban J connectivity index is 2.69. The number of aromatic nitrogens is 2. The smallest absolute Gasteiger partial charge is 0.241 e. The van der Waals surface area contributed by atoms with Crippen LogP contribution < -0.4 is 11.1 Å². The highest BCUT2D eigenvalue weighted by molar-refractivity contribution is 7.90. The molecule has 0 fully saturated rings. The molecule has 108 valence electrons. The third-order valence-corrected chi connectivity index (χ3v) is 3.87. The third-order valence-electron chi connectivity index (χ3n) is 2.89. The summed E-state index contributed by atoms with van der Waals surface area (Å²) in [5, 5.41) is 6.87. The normalized spacial score (nSPS) is 13.3. The Kier molecular flexibility index (Phi) is 4.70. The van der Waals surface area contributed by atoms with Gasteiger partial charge in [-0.15, -0.1) is 0 Å². The monoisotopic (exact) mass is 288 g/mol. The lowest BCUT2D eigenvalue weighted by Crippen LogP contribution is -2.37. The molecule has 0 aromatic carbocycles. The van der Waals surface area contributed by atoms with Gasteiger partial charge in [0.2, 0.25) is 5.91 Å². The Hall–Kier alpha value is -1.41. The van der Waals surface area contributed by atoms with E-state index in [1.807, 2.05) is 6.92 Å². The number of carbonyl (C=O) groups is 1. The first-order chi connectivity index (χ1) is 8.61. The van der Waals surface area contributed by atoms with Crippen LogP contribution >= 0.6 is 0 Å². The Labute approximate surface area is 113 Å². The fourth-order valence-electron chi connectivity index (χ4n) is 1.64. The van der Waals surface area contributed by atoms with E-state index in [1.54, 1.807) is 18.7 Å². The fourth-order valence-corrected chi connectivity index (χ4v) is 2.32. The highest BCUT2D eigenvalue weighted by Gasteiger charge is 2.19. The average Bonchev–Trinajstić information content (AvgIpc) is 2.51. The molecule has 0 saturated heterocycles. The van der Waals surface area contributed by atoms with Gasteiger partial charge >= 0.3 is 0 Å². The van der Waals surface area contributed by atoms with Gasteiger partial charge in [0.1, 0.15) is 9.84 Å². The first kappa shape index (κ1) is 15.6. The Morgan fingerprint density at radius 3 is 2.47 bits per heavy atom. The van der Waals surface area contributed by atoms with Gasteiger partial charge in [0.15, 0.2) is 0 Å². The molecular weight excluding hydrogens is 268 g/mol. The maximum absolute atomic E-state index is 11.9. The number of anilines is 1. The zero-order valence-corrected chi connectivity index (χ0v) is 12.4. The number of aryl methyl sites for hydroxylation is 2. The molecule has 7 nitrogen and oxygen atoms in total. The van der Waals surface area contributed by atoms with Crippen LogP contribution in [0.5, 0.6) is 0 Å². The molecule has 0 spiro atoms.